The first-order chi connectivity index (χ1) is 15.4. The lowest BCUT2D eigenvalue weighted by Gasteiger charge is -2.31. The number of hydrogen-bond donors (Lipinski definition) is 1. The molecule has 170 valence electrons. The van der Waals surface area contributed by atoms with Gasteiger partial charge >= 0.3 is 0 Å². The highest BCUT2D eigenvalue weighted by molar-refractivity contribution is 5.89. The number of nitro benzene ring substituents is 1. The van der Waals surface area contributed by atoms with Gasteiger partial charge in [0.1, 0.15) is 6.04 Å². The van der Waals surface area contributed by atoms with Gasteiger partial charge in [-0.25, -0.2) is 0 Å². The fraction of sp³-hybridized carbons (Fsp3) is 0.440. The lowest BCUT2D eigenvalue weighted by Crippen LogP contribution is -2.51. The number of carbonyl (C=O) groups excluding carboxylic acids is 2. The molecule has 1 aliphatic carbocycles. The molecule has 0 radical (unpaired) electrons. The first kappa shape index (κ1) is 23.4. The smallest absolute Gasteiger partial charge is 0.273 e. The van der Waals surface area contributed by atoms with Crippen molar-refractivity contribution in [3.8, 4) is 0 Å². The number of amides is 2. The third kappa shape index (κ3) is 5.93. The minimum absolute atomic E-state index is 0.0835. The number of para-hydroxylation sites is 1. The predicted molar refractivity (Wildman–Crippen MR) is 123 cm³/mol. The summed E-state index contributed by atoms with van der Waals surface area (Å²) in [6.07, 6.45) is 4.47. The molecule has 0 heterocycles. The van der Waals surface area contributed by atoms with Gasteiger partial charge in [0, 0.05) is 24.2 Å². The van der Waals surface area contributed by atoms with Crippen LogP contribution in [0, 0.1) is 17.0 Å². The van der Waals surface area contributed by atoms with Crippen molar-refractivity contribution in [3.05, 3.63) is 75.3 Å². The molecule has 0 unspecified atom stereocenters. The summed E-state index contributed by atoms with van der Waals surface area (Å²) in [5, 5.41) is 14.5. The number of hydrogen-bond acceptors (Lipinski definition) is 4. The van der Waals surface area contributed by atoms with E-state index in [1.54, 1.807) is 23.1 Å². The van der Waals surface area contributed by atoms with Gasteiger partial charge in [0.15, 0.2) is 0 Å². The minimum atomic E-state index is -0.633. The number of aryl methyl sites for hydroxylation is 1. The van der Waals surface area contributed by atoms with Crippen LogP contribution >= 0.6 is 0 Å². The Balaban J connectivity index is 1.87. The van der Waals surface area contributed by atoms with Crippen molar-refractivity contribution in [3.63, 3.8) is 0 Å². The normalized spacial score (nSPS) is 14.7. The maximum atomic E-state index is 13.4. The molecule has 1 atom stereocenters. The first-order valence-electron chi connectivity index (χ1n) is 11.3. The molecule has 1 fully saturated rings. The highest BCUT2D eigenvalue weighted by Gasteiger charge is 2.31. The Labute approximate surface area is 189 Å². The van der Waals surface area contributed by atoms with Gasteiger partial charge < -0.3 is 10.2 Å². The van der Waals surface area contributed by atoms with Gasteiger partial charge in [-0.05, 0) is 31.7 Å². The van der Waals surface area contributed by atoms with Gasteiger partial charge in [-0.15, -0.1) is 0 Å². The van der Waals surface area contributed by atoms with Crippen molar-refractivity contribution in [1.82, 2.24) is 10.2 Å². The molecule has 3 rings (SSSR count). The Morgan fingerprint density at radius 1 is 1.16 bits per heavy atom. The van der Waals surface area contributed by atoms with Gasteiger partial charge in [0.2, 0.25) is 11.8 Å². The Hall–Kier alpha value is -3.22. The van der Waals surface area contributed by atoms with Crippen molar-refractivity contribution in [1.29, 1.82) is 0 Å². The fourth-order valence-corrected chi connectivity index (χ4v) is 4.40. The summed E-state index contributed by atoms with van der Waals surface area (Å²) in [7, 11) is 0. The van der Waals surface area contributed by atoms with Gasteiger partial charge in [0.25, 0.3) is 5.69 Å². The highest BCUT2D eigenvalue weighted by Crippen LogP contribution is 2.22. The molecule has 0 aliphatic heterocycles. The second-order valence-electron chi connectivity index (χ2n) is 8.49. The van der Waals surface area contributed by atoms with Crippen LogP contribution in [-0.4, -0.2) is 33.7 Å². The largest absolute Gasteiger partial charge is 0.352 e. The summed E-state index contributed by atoms with van der Waals surface area (Å²) in [5.74, 6) is -0.447. The second-order valence-corrected chi connectivity index (χ2v) is 8.49. The lowest BCUT2D eigenvalue weighted by molar-refractivity contribution is -0.385. The molecule has 0 spiro atoms. The Kier molecular flexibility index (Phi) is 7.98. The van der Waals surface area contributed by atoms with Crippen LogP contribution < -0.4 is 5.32 Å². The number of nitro groups is 1. The first-order valence-corrected chi connectivity index (χ1v) is 11.3. The third-order valence-corrected chi connectivity index (χ3v) is 6.05. The van der Waals surface area contributed by atoms with Crippen LogP contribution in [0.4, 0.5) is 5.69 Å². The van der Waals surface area contributed by atoms with E-state index in [1.807, 2.05) is 38.1 Å². The van der Waals surface area contributed by atoms with Crippen molar-refractivity contribution in [2.45, 2.75) is 71.0 Å². The number of carbonyl (C=O) groups is 2. The van der Waals surface area contributed by atoms with Gasteiger partial charge in [0.05, 0.1) is 11.3 Å². The van der Waals surface area contributed by atoms with E-state index < -0.39 is 11.0 Å². The molecule has 0 aromatic heterocycles. The zero-order valence-electron chi connectivity index (χ0n) is 18.8. The number of nitrogens with zero attached hydrogens (tertiary/aromatic N) is 2. The van der Waals surface area contributed by atoms with Crippen LogP contribution in [0.5, 0.6) is 0 Å². The van der Waals surface area contributed by atoms with Crippen molar-refractivity contribution in [2.75, 3.05) is 0 Å². The topological polar surface area (TPSA) is 92.6 Å². The molecule has 2 aromatic carbocycles. The number of benzene rings is 2. The van der Waals surface area contributed by atoms with Crippen LogP contribution in [0.1, 0.15) is 55.7 Å². The molecular formula is C25H31N3O4. The van der Waals surface area contributed by atoms with E-state index in [-0.39, 0.29) is 36.5 Å². The van der Waals surface area contributed by atoms with Crippen molar-refractivity contribution >= 4 is 17.5 Å². The highest BCUT2D eigenvalue weighted by atomic mass is 16.6. The molecule has 7 nitrogen and oxygen atoms in total. The average Bonchev–Trinajstić information content (AvgIpc) is 3.27. The van der Waals surface area contributed by atoms with Crippen LogP contribution in [-0.2, 0) is 22.6 Å². The maximum Gasteiger partial charge on any atom is 0.273 e. The third-order valence-electron chi connectivity index (χ3n) is 6.05. The Morgan fingerprint density at radius 3 is 2.53 bits per heavy atom. The average molecular weight is 438 g/mol. The van der Waals surface area contributed by atoms with Crippen LogP contribution in [0.25, 0.3) is 0 Å². The van der Waals surface area contributed by atoms with Crippen molar-refractivity contribution in [2.24, 2.45) is 0 Å². The fourth-order valence-electron chi connectivity index (χ4n) is 4.40. The molecule has 32 heavy (non-hydrogen) atoms. The summed E-state index contributed by atoms with van der Waals surface area (Å²) in [4.78, 5) is 39.1. The molecule has 1 N–H and O–H groups in total. The SMILES string of the molecule is CC[C@H](C(=O)NC1CCCC1)N(Cc1cccc(C)c1)C(=O)Cc1ccccc1[N+](=O)[O-]. The Bertz CT molecular complexity index is 969. The monoisotopic (exact) mass is 437 g/mol. The van der Waals surface area contributed by atoms with Crippen molar-refractivity contribution < 1.29 is 14.5 Å². The second kappa shape index (κ2) is 10.9. The van der Waals surface area contributed by atoms with Crippen LogP contribution in [0.3, 0.4) is 0 Å². The van der Waals surface area contributed by atoms with E-state index >= 15 is 0 Å². The van der Waals surface area contributed by atoms with Gasteiger partial charge in [-0.3, -0.25) is 19.7 Å². The van der Waals surface area contributed by atoms with Gasteiger partial charge in [-0.1, -0.05) is 67.8 Å². The standard InChI is InChI=1S/C25H31N3O4/c1-3-22(25(30)26-21-12-5-6-13-21)27(17-19-10-8-9-18(2)15-19)24(29)16-20-11-4-7-14-23(20)28(31)32/h4,7-11,14-15,21-22H,3,5-6,12-13,16-17H2,1-2H3,(H,26,30)/t22-/m1/s1. The Morgan fingerprint density at radius 2 is 1.88 bits per heavy atom. The zero-order valence-corrected chi connectivity index (χ0v) is 18.8. The minimum Gasteiger partial charge on any atom is -0.352 e. The van der Waals surface area contributed by atoms with Crippen LogP contribution in [0.2, 0.25) is 0 Å². The van der Waals surface area contributed by atoms with Gasteiger partial charge in [-0.2, -0.15) is 0 Å². The lowest BCUT2D eigenvalue weighted by atomic mass is 10.0. The van der Waals surface area contributed by atoms with E-state index in [2.05, 4.69) is 5.32 Å². The molecule has 0 bridgehead atoms. The molecule has 7 heteroatoms. The van der Waals surface area contributed by atoms with E-state index in [0.29, 0.717) is 12.0 Å². The molecular weight excluding hydrogens is 406 g/mol. The van der Waals surface area contributed by atoms with E-state index in [1.165, 1.54) is 6.07 Å². The molecule has 0 saturated heterocycles. The zero-order chi connectivity index (χ0) is 23.1. The van der Waals surface area contributed by atoms with Crippen LogP contribution in [0.15, 0.2) is 48.5 Å². The summed E-state index contributed by atoms with van der Waals surface area (Å²) >= 11 is 0. The van der Waals surface area contributed by atoms with E-state index in [4.69, 9.17) is 0 Å². The quantitative estimate of drug-likeness (QED) is 0.467. The maximum absolute atomic E-state index is 13.4. The number of nitrogens with one attached hydrogen (secondary N) is 1. The predicted octanol–water partition coefficient (Wildman–Crippen LogP) is 4.31. The molecule has 2 amide bonds. The summed E-state index contributed by atoms with van der Waals surface area (Å²) in [6.45, 7) is 4.14. The molecule has 1 saturated carbocycles. The summed E-state index contributed by atoms with van der Waals surface area (Å²) in [6, 6.07) is 13.6. The van der Waals surface area contributed by atoms with E-state index in [9.17, 15) is 19.7 Å². The summed E-state index contributed by atoms with van der Waals surface area (Å²) in [5.41, 5.74) is 2.26. The summed E-state index contributed by atoms with van der Waals surface area (Å²) < 4.78 is 0. The number of rotatable bonds is 9. The molecule has 2 aromatic rings. The molecule has 1 aliphatic rings. The van der Waals surface area contributed by atoms with E-state index in [0.717, 1.165) is 36.8 Å².